The molecular formula is C15H18N6O2. The van der Waals surface area contributed by atoms with Gasteiger partial charge in [0, 0.05) is 19.7 Å². The zero-order valence-corrected chi connectivity index (χ0v) is 12.8. The summed E-state index contributed by atoms with van der Waals surface area (Å²) < 4.78 is 0. The van der Waals surface area contributed by atoms with Crippen molar-refractivity contribution in [2.24, 2.45) is 0 Å². The first-order valence-electron chi connectivity index (χ1n) is 7.51. The molecule has 1 aliphatic heterocycles. The molecule has 1 unspecified atom stereocenters. The van der Waals surface area contributed by atoms with Gasteiger partial charge in [0.05, 0.1) is 36.4 Å². The third-order valence-electron chi connectivity index (χ3n) is 3.88. The third kappa shape index (κ3) is 3.36. The molecule has 1 atom stereocenters. The number of amides is 2. The molecule has 1 aliphatic rings. The van der Waals surface area contributed by atoms with Crippen molar-refractivity contribution in [1.29, 1.82) is 0 Å². The Morgan fingerprint density at radius 1 is 1.43 bits per heavy atom. The Balaban J connectivity index is 1.68. The molecule has 120 valence electrons. The summed E-state index contributed by atoms with van der Waals surface area (Å²) in [6.07, 6.45) is 6.67. The van der Waals surface area contributed by atoms with Crippen molar-refractivity contribution >= 4 is 11.8 Å². The fourth-order valence-electron chi connectivity index (χ4n) is 2.77. The number of aromatic nitrogens is 4. The van der Waals surface area contributed by atoms with Crippen molar-refractivity contribution in [2.45, 2.75) is 32.4 Å². The van der Waals surface area contributed by atoms with Crippen LogP contribution in [0.15, 0.2) is 24.7 Å². The highest BCUT2D eigenvalue weighted by Crippen LogP contribution is 2.30. The molecule has 0 aliphatic carbocycles. The summed E-state index contributed by atoms with van der Waals surface area (Å²) in [7, 11) is 0. The van der Waals surface area contributed by atoms with Gasteiger partial charge in [0.15, 0.2) is 0 Å². The van der Waals surface area contributed by atoms with Crippen molar-refractivity contribution in [2.75, 3.05) is 6.54 Å². The van der Waals surface area contributed by atoms with E-state index in [0.717, 1.165) is 25.1 Å². The predicted octanol–water partition coefficient (Wildman–Crippen LogP) is 0.813. The van der Waals surface area contributed by atoms with Crippen molar-refractivity contribution in [3.63, 3.8) is 0 Å². The van der Waals surface area contributed by atoms with Gasteiger partial charge in [0.25, 0.3) is 5.91 Å². The standard InChI is InChI=1S/C15H18N6O2/c1-10(22)21-6-2-3-14(21)13-9-16-7-11(19-13)8-17-15(23)12-4-5-18-20-12/h4-5,7,9,14H,2-3,6,8H2,1H3,(H,17,23)(H,18,20). The molecule has 2 aromatic rings. The van der Waals surface area contributed by atoms with Crippen LogP contribution in [-0.4, -0.2) is 43.4 Å². The maximum absolute atomic E-state index is 11.9. The molecule has 8 heteroatoms. The Kier molecular flexibility index (Phi) is 4.31. The molecule has 0 radical (unpaired) electrons. The zero-order chi connectivity index (χ0) is 16.2. The first-order valence-corrected chi connectivity index (χ1v) is 7.51. The van der Waals surface area contributed by atoms with E-state index >= 15 is 0 Å². The number of H-pyrrole nitrogens is 1. The molecule has 0 spiro atoms. The fourth-order valence-corrected chi connectivity index (χ4v) is 2.77. The van der Waals surface area contributed by atoms with Gasteiger partial charge < -0.3 is 10.2 Å². The first kappa shape index (κ1) is 15.1. The van der Waals surface area contributed by atoms with Crippen LogP contribution in [0.1, 0.15) is 47.7 Å². The molecule has 0 saturated carbocycles. The molecule has 1 saturated heterocycles. The van der Waals surface area contributed by atoms with Gasteiger partial charge in [0.2, 0.25) is 5.91 Å². The van der Waals surface area contributed by atoms with Crippen LogP contribution < -0.4 is 5.32 Å². The summed E-state index contributed by atoms with van der Waals surface area (Å²) in [6, 6.07) is 1.57. The van der Waals surface area contributed by atoms with E-state index in [4.69, 9.17) is 0 Å². The molecule has 2 amide bonds. The van der Waals surface area contributed by atoms with Crippen LogP contribution in [0.3, 0.4) is 0 Å². The first-order chi connectivity index (χ1) is 11.1. The summed E-state index contributed by atoms with van der Waals surface area (Å²) in [5.41, 5.74) is 1.82. The number of likely N-dealkylation sites (tertiary alicyclic amines) is 1. The average Bonchev–Trinajstić information content (AvgIpc) is 3.23. The topological polar surface area (TPSA) is 104 Å². The second kappa shape index (κ2) is 6.55. The highest BCUT2D eigenvalue weighted by Gasteiger charge is 2.29. The summed E-state index contributed by atoms with van der Waals surface area (Å²) in [4.78, 5) is 34.1. The molecule has 2 N–H and O–H groups in total. The van der Waals surface area contributed by atoms with Crippen LogP contribution in [0, 0.1) is 0 Å². The Hall–Kier alpha value is -2.77. The quantitative estimate of drug-likeness (QED) is 0.869. The Morgan fingerprint density at radius 2 is 2.30 bits per heavy atom. The van der Waals surface area contributed by atoms with Crippen molar-refractivity contribution in [3.05, 3.63) is 41.7 Å². The molecule has 8 nitrogen and oxygen atoms in total. The number of nitrogens with zero attached hydrogens (tertiary/aromatic N) is 4. The third-order valence-corrected chi connectivity index (χ3v) is 3.88. The van der Waals surface area contributed by atoms with Crippen molar-refractivity contribution in [1.82, 2.24) is 30.4 Å². The number of hydrogen-bond donors (Lipinski definition) is 2. The SMILES string of the molecule is CC(=O)N1CCCC1c1cncc(CNC(=O)c2ccn[nH]2)n1. The normalized spacial score (nSPS) is 17.3. The highest BCUT2D eigenvalue weighted by atomic mass is 16.2. The van der Waals surface area contributed by atoms with Crippen molar-refractivity contribution < 1.29 is 9.59 Å². The Labute approximate surface area is 133 Å². The van der Waals surface area contributed by atoms with E-state index < -0.39 is 0 Å². The maximum Gasteiger partial charge on any atom is 0.269 e. The Morgan fingerprint density at radius 3 is 3.04 bits per heavy atom. The lowest BCUT2D eigenvalue weighted by molar-refractivity contribution is -0.129. The predicted molar refractivity (Wildman–Crippen MR) is 81.2 cm³/mol. The van der Waals surface area contributed by atoms with Crippen LogP contribution in [0.2, 0.25) is 0 Å². The van der Waals surface area contributed by atoms with E-state index in [-0.39, 0.29) is 24.4 Å². The molecule has 3 heterocycles. The number of rotatable bonds is 4. The van der Waals surface area contributed by atoms with Crippen LogP contribution in [0.5, 0.6) is 0 Å². The van der Waals surface area contributed by atoms with Gasteiger partial charge in [-0.2, -0.15) is 5.10 Å². The minimum absolute atomic E-state index is 0.0248. The number of nitrogens with one attached hydrogen (secondary N) is 2. The van der Waals surface area contributed by atoms with Crippen LogP contribution in [0.4, 0.5) is 0 Å². The second-order valence-corrected chi connectivity index (χ2v) is 5.46. The fraction of sp³-hybridized carbons (Fsp3) is 0.400. The summed E-state index contributed by atoms with van der Waals surface area (Å²) in [5.74, 6) is -0.201. The number of hydrogen-bond acceptors (Lipinski definition) is 5. The van der Waals surface area contributed by atoms with E-state index in [1.54, 1.807) is 25.4 Å². The van der Waals surface area contributed by atoms with Gasteiger partial charge >= 0.3 is 0 Å². The molecule has 0 bridgehead atoms. The van der Waals surface area contributed by atoms with Gasteiger partial charge in [0.1, 0.15) is 5.69 Å². The lowest BCUT2D eigenvalue weighted by Crippen LogP contribution is -2.29. The largest absolute Gasteiger partial charge is 0.345 e. The maximum atomic E-state index is 11.9. The summed E-state index contributed by atoms with van der Waals surface area (Å²) >= 11 is 0. The number of aromatic amines is 1. The Bertz CT molecular complexity index is 700. The average molecular weight is 314 g/mol. The number of carbonyl (C=O) groups is 2. The molecule has 23 heavy (non-hydrogen) atoms. The summed E-state index contributed by atoms with van der Waals surface area (Å²) in [6.45, 7) is 2.59. The van der Waals surface area contributed by atoms with Crippen molar-refractivity contribution in [3.8, 4) is 0 Å². The van der Waals surface area contributed by atoms with Crippen LogP contribution in [-0.2, 0) is 11.3 Å². The van der Waals surface area contributed by atoms with Gasteiger partial charge in [-0.15, -0.1) is 0 Å². The lowest BCUT2D eigenvalue weighted by Gasteiger charge is -2.22. The lowest BCUT2D eigenvalue weighted by atomic mass is 10.1. The van der Waals surface area contributed by atoms with E-state index in [9.17, 15) is 9.59 Å². The molecule has 0 aromatic carbocycles. The minimum Gasteiger partial charge on any atom is -0.345 e. The van der Waals surface area contributed by atoms with Gasteiger partial charge in [-0.05, 0) is 18.9 Å². The molecule has 1 fully saturated rings. The van der Waals surface area contributed by atoms with E-state index in [2.05, 4.69) is 25.5 Å². The minimum atomic E-state index is -0.249. The van der Waals surface area contributed by atoms with E-state index in [0.29, 0.717) is 11.4 Å². The molecule has 2 aromatic heterocycles. The van der Waals surface area contributed by atoms with Gasteiger partial charge in [-0.25, -0.2) is 0 Å². The van der Waals surface area contributed by atoms with Crippen LogP contribution >= 0.6 is 0 Å². The highest BCUT2D eigenvalue weighted by molar-refractivity contribution is 5.91. The zero-order valence-electron chi connectivity index (χ0n) is 12.8. The van der Waals surface area contributed by atoms with Crippen LogP contribution in [0.25, 0.3) is 0 Å². The monoisotopic (exact) mass is 314 g/mol. The molecular weight excluding hydrogens is 296 g/mol. The number of carbonyl (C=O) groups excluding carboxylic acids is 2. The molecule has 3 rings (SSSR count). The summed E-state index contributed by atoms with van der Waals surface area (Å²) in [5, 5.41) is 9.10. The van der Waals surface area contributed by atoms with Gasteiger partial charge in [-0.1, -0.05) is 0 Å². The van der Waals surface area contributed by atoms with E-state index in [1.807, 2.05) is 4.90 Å². The second-order valence-electron chi connectivity index (χ2n) is 5.46. The van der Waals surface area contributed by atoms with E-state index in [1.165, 1.54) is 6.20 Å². The smallest absolute Gasteiger partial charge is 0.269 e. The van der Waals surface area contributed by atoms with Gasteiger partial charge in [-0.3, -0.25) is 24.7 Å².